The van der Waals surface area contributed by atoms with Gasteiger partial charge in [-0.2, -0.15) is 0 Å². The maximum atomic E-state index is 13.0. The molecule has 0 bridgehead atoms. The molecular formula is C23H18N4O2S. The highest BCUT2D eigenvalue weighted by molar-refractivity contribution is 7.15. The van der Waals surface area contributed by atoms with Crippen molar-refractivity contribution in [3.05, 3.63) is 98.1 Å². The lowest BCUT2D eigenvalue weighted by Gasteiger charge is -2.11. The van der Waals surface area contributed by atoms with Gasteiger partial charge in [0, 0.05) is 17.0 Å². The molecule has 0 aliphatic rings. The number of carbonyl (C=O) groups excluding carboxylic acids is 1. The third-order valence-electron chi connectivity index (χ3n) is 5.15. The van der Waals surface area contributed by atoms with Crippen LogP contribution in [0.15, 0.2) is 65.5 Å². The van der Waals surface area contributed by atoms with E-state index in [2.05, 4.69) is 10.4 Å². The number of benzene rings is 2. The maximum absolute atomic E-state index is 13.0. The fourth-order valence-electron chi connectivity index (χ4n) is 3.61. The van der Waals surface area contributed by atoms with E-state index >= 15 is 0 Å². The number of imidazole rings is 1. The van der Waals surface area contributed by atoms with Crippen LogP contribution >= 0.6 is 11.3 Å². The largest absolute Gasteiger partial charge is 0.274 e. The van der Waals surface area contributed by atoms with E-state index in [1.807, 2.05) is 68.5 Å². The molecule has 0 radical (unpaired) electrons. The van der Waals surface area contributed by atoms with Crippen LogP contribution in [-0.2, 0) is 0 Å². The summed E-state index contributed by atoms with van der Waals surface area (Å²) >= 11 is 1.37. The van der Waals surface area contributed by atoms with Crippen LogP contribution in [-0.4, -0.2) is 20.0 Å². The van der Waals surface area contributed by atoms with E-state index in [-0.39, 0.29) is 11.5 Å². The lowest BCUT2D eigenvalue weighted by atomic mass is 10.2. The highest BCUT2D eigenvalue weighted by Gasteiger charge is 2.14. The first kappa shape index (κ1) is 18.3. The van der Waals surface area contributed by atoms with Crippen molar-refractivity contribution in [3.8, 4) is 0 Å². The van der Waals surface area contributed by atoms with Gasteiger partial charge in [-0.1, -0.05) is 41.7 Å². The first-order valence-electron chi connectivity index (χ1n) is 9.50. The second kappa shape index (κ2) is 6.96. The van der Waals surface area contributed by atoms with Crippen molar-refractivity contribution in [1.82, 2.24) is 14.1 Å². The molecule has 2 aromatic carbocycles. The second-order valence-electron chi connectivity index (χ2n) is 7.10. The van der Waals surface area contributed by atoms with Gasteiger partial charge >= 0.3 is 0 Å². The quantitative estimate of drug-likeness (QED) is 0.493. The number of amides is 1. The summed E-state index contributed by atoms with van der Waals surface area (Å²) in [7, 11) is 0. The van der Waals surface area contributed by atoms with E-state index in [1.165, 1.54) is 11.3 Å². The predicted molar refractivity (Wildman–Crippen MR) is 120 cm³/mol. The van der Waals surface area contributed by atoms with Crippen LogP contribution in [0.4, 0.5) is 0 Å². The van der Waals surface area contributed by atoms with Crippen molar-refractivity contribution in [2.75, 3.05) is 5.43 Å². The lowest BCUT2D eigenvalue weighted by molar-refractivity contribution is 0.101. The summed E-state index contributed by atoms with van der Waals surface area (Å²) in [6.07, 6.45) is 1.87. The third kappa shape index (κ3) is 2.91. The van der Waals surface area contributed by atoms with E-state index in [0.29, 0.717) is 15.1 Å². The average Bonchev–Trinajstić information content (AvgIpc) is 3.35. The van der Waals surface area contributed by atoms with Crippen molar-refractivity contribution in [3.63, 3.8) is 0 Å². The fraction of sp³-hybridized carbons (Fsp3) is 0.0870. The van der Waals surface area contributed by atoms with Gasteiger partial charge in [0.25, 0.3) is 11.5 Å². The Morgan fingerprint density at radius 3 is 2.60 bits per heavy atom. The monoisotopic (exact) mass is 414 g/mol. The normalized spacial score (nSPS) is 12.1. The Labute approximate surface area is 175 Å². The standard InChI is InChI=1S/C23H18N4O2S/c1-14-12-17(15(2)27(14)25-21(28)16-8-4-3-5-9-16)13-20-22(29)26-19-11-7-6-10-18(19)24-23(26)30-20/h3-13H,1-2H3,(H,25,28)/b20-13-. The summed E-state index contributed by atoms with van der Waals surface area (Å²) in [4.78, 5) is 30.8. The lowest BCUT2D eigenvalue weighted by Crippen LogP contribution is -2.25. The van der Waals surface area contributed by atoms with Gasteiger partial charge < -0.3 is 0 Å². The molecule has 0 atom stereocenters. The summed E-state index contributed by atoms with van der Waals surface area (Å²) in [5.74, 6) is -0.186. The van der Waals surface area contributed by atoms with Gasteiger partial charge in [-0.05, 0) is 55.8 Å². The maximum Gasteiger partial charge on any atom is 0.274 e. The van der Waals surface area contributed by atoms with E-state index in [1.54, 1.807) is 21.2 Å². The number of aryl methyl sites for hydroxylation is 1. The Bertz CT molecular complexity index is 1530. The third-order valence-corrected chi connectivity index (χ3v) is 6.12. The smallest absolute Gasteiger partial charge is 0.267 e. The van der Waals surface area contributed by atoms with E-state index in [0.717, 1.165) is 28.0 Å². The summed E-state index contributed by atoms with van der Waals surface area (Å²) in [6, 6.07) is 18.6. The molecule has 3 aromatic heterocycles. The Morgan fingerprint density at radius 1 is 1.07 bits per heavy atom. The van der Waals surface area contributed by atoms with Crippen LogP contribution in [0.2, 0.25) is 0 Å². The van der Waals surface area contributed by atoms with Crippen molar-refractivity contribution < 1.29 is 4.79 Å². The van der Waals surface area contributed by atoms with Crippen molar-refractivity contribution in [2.24, 2.45) is 0 Å². The number of aromatic nitrogens is 3. The Hall–Kier alpha value is -3.71. The molecule has 6 nitrogen and oxygen atoms in total. The van der Waals surface area contributed by atoms with Crippen LogP contribution in [0.5, 0.6) is 0 Å². The SMILES string of the molecule is Cc1cc(/C=c2\sc3nc4ccccc4n3c2=O)c(C)n1NC(=O)c1ccccc1. The molecule has 148 valence electrons. The Kier molecular flexibility index (Phi) is 4.25. The fourth-order valence-corrected chi connectivity index (χ4v) is 4.59. The summed E-state index contributed by atoms with van der Waals surface area (Å²) in [5.41, 5.74) is 7.67. The highest BCUT2D eigenvalue weighted by atomic mass is 32.1. The number of nitrogens with zero attached hydrogens (tertiary/aromatic N) is 3. The highest BCUT2D eigenvalue weighted by Crippen LogP contribution is 2.17. The van der Waals surface area contributed by atoms with Crippen LogP contribution in [0, 0.1) is 13.8 Å². The van der Waals surface area contributed by atoms with E-state index in [9.17, 15) is 9.59 Å². The number of fused-ring (bicyclic) bond motifs is 3. The van der Waals surface area contributed by atoms with Gasteiger partial charge in [-0.15, -0.1) is 0 Å². The molecule has 0 aliphatic carbocycles. The average molecular weight is 414 g/mol. The second-order valence-corrected chi connectivity index (χ2v) is 8.11. The zero-order chi connectivity index (χ0) is 20.8. The molecule has 1 N–H and O–H groups in total. The minimum atomic E-state index is -0.186. The van der Waals surface area contributed by atoms with Gasteiger partial charge in [-0.3, -0.25) is 19.7 Å². The van der Waals surface area contributed by atoms with Gasteiger partial charge in [-0.25, -0.2) is 9.38 Å². The number of hydrogen-bond donors (Lipinski definition) is 1. The molecule has 30 heavy (non-hydrogen) atoms. The minimum absolute atomic E-state index is 0.0816. The summed E-state index contributed by atoms with van der Waals surface area (Å²) < 4.78 is 4.01. The van der Waals surface area contributed by atoms with E-state index < -0.39 is 0 Å². The van der Waals surface area contributed by atoms with Crippen LogP contribution < -0.4 is 15.5 Å². The van der Waals surface area contributed by atoms with Gasteiger partial charge in [0.05, 0.1) is 15.6 Å². The van der Waals surface area contributed by atoms with Crippen LogP contribution in [0.3, 0.4) is 0 Å². The molecule has 0 aliphatic heterocycles. The Balaban J connectivity index is 1.56. The molecule has 7 heteroatoms. The van der Waals surface area contributed by atoms with Crippen molar-refractivity contribution in [1.29, 1.82) is 0 Å². The molecule has 3 heterocycles. The molecule has 0 fully saturated rings. The molecule has 1 amide bonds. The summed E-state index contributed by atoms with van der Waals surface area (Å²) in [5, 5.41) is 0. The van der Waals surface area contributed by atoms with Crippen molar-refractivity contribution in [2.45, 2.75) is 13.8 Å². The molecule has 0 spiro atoms. The zero-order valence-electron chi connectivity index (χ0n) is 16.4. The minimum Gasteiger partial charge on any atom is -0.267 e. The first-order valence-corrected chi connectivity index (χ1v) is 10.3. The zero-order valence-corrected chi connectivity index (χ0v) is 17.2. The topological polar surface area (TPSA) is 68.4 Å². The number of hydrogen-bond acceptors (Lipinski definition) is 4. The van der Waals surface area contributed by atoms with Gasteiger partial charge in [0.2, 0.25) is 0 Å². The molecule has 5 rings (SSSR count). The number of carbonyl (C=O) groups is 1. The Morgan fingerprint density at radius 2 is 1.80 bits per heavy atom. The molecular weight excluding hydrogens is 396 g/mol. The first-order chi connectivity index (χ1) is 14.5. The molecule has 5 aromatic rings. The summed E-state index contributed by atoms with van der Waals surface area (Å²) in [6.45, 7) is 3.84. The van der Waals surface area contributed by atoms with E-state index in [4.69, 9.17) is 0 Å². The number of nitrogens with one attached hydrogen (secondary N) is 1. The van der Waals surface area contributed by atoms with Crippen LogP contribution in [0.25, 0.3) is 22.1 Å². The van der Waals surface area contributed by atoms with Gasteiger partial charge in [0.1, 0.15) is 0 Å². The number of thiazole rings is 1. The van der Waals surface area contributed by atoms with Gasteiger partial charge in [0.15, 0.2) is 4.96 Å². The van der Waals surface area contributed by atoms with Crippen molar-refractivity contribution >= 4 is 39.3 Å². The number of rotatable bonds is 3. The number of para-hydroxylation sites is 2. The van der Waals surface area contributed by atoms with Crippen LogP contribution in [0.1, 0.15) is 27.3 Å². The molecule has 0 saturated carbocycles. The predicted octanol–water partition coefficient (Wildman–Crippen LogP) is 3.26. The molecule has 0 unspecified atom stereocenters. The molecule has 0 saturated heterocycles.